The zero-order chi connectivity index (χ0) is 39.3. The van der Waals surface area contributed by atoms with Gasteiger partial charge in [-0.2, -0.15) is 0 Å². The van der Waals surface area contributed by atoms with E-state index >= 15 is 0 Å². The SMILES string of the molecule is c1ccc2c(-c3cc4c5ccccc5c5ccccc5c4c4ccccc34)ccc(-c3ccc(-c4cc5c6ccccc6c6ccccc6c5c5ccccc45)cc3)c2c1. The lowest BCUT2D eigenvalue weighted by atomic mass is 9.85. The van der Waals surface area contributed by atoms with Crippen molar-refractivity contribution in [1.29, 1.82) is 0 Å². The molecule has 13 aromatic rings. The molecular weight excluding hydrogens is 721 g/mol. The maximum Gasteiger partial charge on any atom is -0.00199 e. The van der Waals surface area contributed by atoms with Crippen LogP contribution in [0, 0.1) is 0 Å². The minimum absolute atomic E-state index is 1.21. The van der Waals surface area contributed by atoms with E-state index < -0.39 is 0 Å². The van der Waals surface area contributed by atoms with Crippen LogP contribution in [0.15, 0.2) is 218 Å². The van der Waals surface area contributed by atoms with Gasteiger partial charge in [-0.3, -0.25) is 0 Å². The highest BCUT2D eigenvalue weighted by Gasteiger charge is 2.19. The van der Waals surface area contributed by atoms with Gasteiger partial charge in [0.15, 0.2) is 0 Å². The third-order valence-electron chi connectivity index (χ3n) is 13.2. The summed E-state index contributed by atoms with van der Waals surface area (Å²) >= 11 is 0. The van der Waals surface area contributed by atoms with Gasteiger partial charge in [-0.25, -0.2) is 0 Å². The van der Waals surface area contributed by atoms with Crippen molar-refractivity contribution in [3.05, 3.63) is 218 Å². The summed E-state index contributed by atoms with van der Waals surface area (Å²) in [6, 6.07) is 81.3. The van der Waals surface area contributed by atoms with Crippen LogP contribution in [0.3, 0.4) is 0 Å². The number of hydrogen-bond acceptors (Lipinski definition) is 0. The molecule has 0 aromatic heterocycles. The quantitative estimate of drug-likeness (QED) is 0.158. The van der Waals surface area contributed by atoms with Gasteiger partial charge in [0.25, 0.3) is 0 Å². The van der Waals surface area contributed by atoms with Gasteiger partial charge in [-0.1, -0.05) is 206 Å². The molecule has 0 saturated heterocycles. The van der Waals surface area contributed by atoms with Crippen molar-refractivity contribution in [3.63, 3.8) is 0 Å². The fourth-order valence-corrected chi connectivity index (χ4v) is 10.6. The van der Waals surface area contributed by atoms with Gasteiger partial charge < -0.3 is 0 Å². The second kappa shape index (κ2) is 12.9. The maximum absolute atomic E-state index is 2.46. The molecule has 0 N–H and O–H groups in total. The molecule has 0 bridgehead atoms. The van der Waals surface area contributed by atoms with Crippen LogP contribution in [-0.2, 0) is 0 Å². The molecule has 0 aliphatic rings. The molecule has 0 saturated carbocycles. The minimum Gasteiger partial charge on any atom is -0.0616 e. The third-order valence-corrected chi connectivity index (χ3v) is 13.2. The maximum atomic E-state index is 2.46. The Morgan fingerprint density at radius 2 is 0.400 bits per heavy atom. The first-order valence-corrected chi connectivity index (χ1v) is 20.9. The van der Waals surface area contributed by atoms with Crippen LogP contribution >= 0.6 is 0 Å². The molecule has 0 spiro atoms. The molecule has 0 aliphatic carbocycles. The van der Waals surface area contributed by atoms with Crippen LogP contribution in [0.25, 0.3) is 130 Å². The largest absolute Gasteiger partial charge is 0.0616 e. The molecule has 276 valence electrons. The molecule has 13 rings (SSSR count). The van der Waals surface area contributed by atoms with E-state index in [1.165, 1.54) is 130 Å². The van der Waals surface area contributed by atoms with Crippen LogP contribution in [0.2, 0.25) is 0 Å². The van der Waals surface area contributed by atoms with E-state index in [9.17, 15) is 0 Å². The summed E-state index contributed by atoms with van der Waals surface area (Å²) in [4.78, 5) is 0. The molecule has 0 unspecified atom stereocenters. The highest BCUT2D eigenvalue weighted by atomic mass is 14.2. The van der Waals surface area contributed by atoms with Crippen LogP contribution in [0.1, 0.15) is 0 Å². The van der Waals surface area contributed by atoms with E-state index in [4.69, 9.17) is 0 Å². The van der Waals surface area contributed by atoms with Gasteiger partial charge in [0.05, 0.1) is 0 Å². The highest BCUT2D eigenvalue weighted by Crippen LogP contribution is 2.46. The van der Waals surface area contributed by atoms with Crippen molar-refractivity contribution in [2.75, 3.05) is 0 Å². The predicted octanol–water partition coefficient (Wildman–Crippen LogP) is 17.1. The van der Waals surface area contributed by atoms with E-state index in [1.807, 2.05) is 0 Å². The van der Waals surface area contributed by atoms with Crippen molar-refractivity contribution in [3.8, 4) is 33.4 Å². The number of benzene rings is 13. The Labute approximate surface area is 347 Å². The minimum atomic E-state index is 1.21. The lowest BCUT2D eigenvalue weighted by molar-refractivity contribution is 1.63. The van der Waals surface area contributed by atoms with Crippen LogP contribution < -0.4 is 0 Å². The standard InChI is InChI=1S/C60H36/c1-2-16-41-40(15-1)39(33-34-50(41)56-36-58-47-22-6-4-18-43(47)45-20-8-12-26-52(45)60(58)54-28-14-10-24-49(54)56)37-29-31-38(32-30-37)55-35-57-46-21-5-3-17-42(46)44-19-7-11-25-51(44)59(57)53-27-13-9-23-48(53)55/h1-36H. The fraction of sp³-hybridized carbons (Fsp3) is 0. The first kappa shape index (κ1) is 33.2. The lowest BCUT2D eigenvalue weighted by Gasteiger charge is -2.18. The Hall–Kier alpha value is -7.80. The van der Waals surface area contributed by atoms with Crippen LogP contribution in [0.5, 0.6) is 0 Å². The second-order valence-electron chi connectivity index (χ2n) is 16.3. The Bertz CT molecular complexity index is 3930. The molecule has 13 aromatic carbocycles. The zero-order valence-corrected chi connectivity index (χ0v) is 32.8. The molecular formula is C60H36. The molecule has 60 heavy (non-hydrogen) atoms. The second-order valence-corrected chi connectivity index (χ2v) is 16.3. The van der Waals surface area contributed by atoms with E-state index in [2.05, 4.69) is 218 Å². The highest BCUT2D eigenvalue weighted by molar-refractivity contribution is 6.34. The number of hydrogen-bond donors (Lipinski definition) is 0. The Kier molecular flexibility index (Phi) is 7.11. The zero-order valence-electron chi connectivity index (χ0n) is 32.8. The van der Waals surface area contributed by atoms with Crippen molar-refractivity contribution >= 4 is 97.0 Å². The Morgan fingerprint density at radius 3 is 0.833 bits per heavy atom. The van der Waals surface area contributed by atoms with Gasteiger partial charge in [0.2, 0.25) is 0 Å². The lowest BCUT2D eigenvalue weighted by Crippen LogP contribution is -1.91. The van der Waals surface area contributed by atoms with Gasteiger partial charge in [0, 0.05) is 0 Å². The molecule has 0 heteroatoms. The molecule has 0 atom stereocenters. The van der Waals surface area contributed by atoms with Gasteiger partial charge >= 0.3 is 0 Å². The van der Waals surface area contributed by atoms with E-state index in [-0.39, 0.29) is 0 Å². The van der Waals surface area contributed by atoms with E-state index in [1.54, 1.807) is 0 Å². The summed E-state index contributed by atoms with van der Waals surface area (Å²) in [5.74, 6) is 0. The fourth-order valence-electron chi connectivity index (χ4n) is 10.6. The monoisotopic (exact) mass is 756 g/mol. The summed E-state index contributed by atoms with van der Waals surface area (Å²) in [5.41, 5.74) is 7.45. The molecule has 0 aliphatic heterocycles. The predicted molar refractivity (Wildman–Crippen MR) is 260 cm³/mol. The smallest absolute Gasteiger partial charge is 0.00199 e. The summed E-state index contributed by atoms with van der Waals surface area (Å²) in [5, 5.41) is 23.3. The van der Waals surface area contributed by atoms with Crippen molar-refractivity contribution < 1.29 is 0 Å². The van der Waals surface area contributed by atoms with E-state index in [0.29, 0.717) is 0 Å². The first-order valence-electron chi connectivity index (χ1n) is 20.9. The summed E-state index contributed by atoms with van der Waals surface area (Å²) in [6.07, 6.45) is 0. The van der Waals surface area contributed by atoms with Crippen LogP contribution in [-0.4, -0.2) is 0 Å². The molecule has 0 amide bonds. The van der Waals surface area contributed by atoms with E-state index in [0.717, 1.165) is 0 Å². The van der Waals surface area contributed by atoms with Gasteiger partial charge in [-0.05, 0) is 142 Å². The Morgan fingerprint density at radius 1 is 0.150 bits per heavy atom. The number of fused-ring (bicyclic) bond motifs is 17. The average Bonchev–Trinajstić information content (AvgIpc) is 3.33. The average molecular weight is 757 g/mol. The van der Waals surface area contributed by atoms with Gasteiger partial charge in [0.1, 0.15) is 0 Å². The summed E-state index contributed by atoms with van der Waals surface area (Å²) in [6.45, 7) is 0. The summed E-state index contributed by atoms with van der Waals surface area (Å²) in [7, 11) is 0. The van der Waals surface area contributed by atoms with Crippen molar-refractivity contribution in [2.24, 2.45) is 0 Å². The number of rotatable bonds is 3. The van der Waals surface area contributed by atoms with Gasteiger partial charge in [-0.15, -0.1) is 0 Å². The van der Waals surface area contributed by atoms with Crippen molar-refractivity contribution in [1.82, 2.24) is 0 Å². The molecule has 0 nitrogen and oxygen atoms in total. The topological polar surface area (TPSA) is 0 Å². The third kappa shape index (κ3) is 4.73. The molecule has 0 radical (unpaired) electrons. The van der Waals surface area contributed by atoms with Crippen LogP contribution in [0.4, 0.5) is 0 Å². The molecule has 0 fully saturated rings. The first-order chi connectivity index (χ1) is 29.8. The Balaban J connectivity index is 0.995. The normalized spacial score (nSPS) is 12.0. The summed E-state index contributed by atoms with van der Waals surface area (Å²) < 4.78 is 0. The van der Waals surface area contributed by atoms with Crippen molar-refractivity contribution in [2.45, 2.75) is 0 Å². The molecule has 0 heterocycles.